The average Bonchev–Trinajstić information content (AvgIpc) is 2.89. The summed E-state index contributed by atoms with van der Waals surface area (Å²) < 4.78 is 8.32. The molecule has 0 saturated carbocycles. The van der Waals surface area contributed by atoms with E-state index in [1.54, 1.807) is 0 Å². The van der Waals surface area contributed by atoms with Gasteiger partial charge in [0.25, 0.3) is 0 Å². The summed E-state index contributed by atoms with van der Waals surface area (Å²) in [7, 11) is 0. The van der Waals surface area contributed by atoms with E-state index in [-0.39, 0.29) is 22.4 Å². The van der Waals surface area contributed by atoms with Gasteiger partial charge in [-0.15, -0.1) is 0 Å². The molecule has 0 unspecified atom stereocenters. The first-order valence-electron chi connectivity index (χ1n) is 12.1. The molecule has 0 aliphatic carbocycles. The molecule has 0 amide bonds. The van der Waals surface area contributed by atoms with E-state index < -0.39 is 5.60 Å². The van der Waals surface area contributed by atoms with Gasteiger partial charge < -0.3 is 31.3 Å². The highest BCUT2D eigenvalue weighted by Gasteiger charge is 2.60. The van der Waals surface area contributed by atoms with E-state index in [1.165, 1.54) is 5.56 Å². The molecule has 0 aromatic heterocycles. The summed E-state index contributed by atoms with van der Waals surface area (Å²) in [6.45, 7) is 5.81. The standard InChI is InChI=1S/C29H33BrNO2.BrH/c30-27-14-8-7-9-24(27)23-33-22-21-31-18-15-28(16-19-31,17-20-31)29(32,25-10-3-1-4-11-25)26-12-5-2-6-13-26;/h1-14,32H,15-23H2;1H/q+1;/p-1. The third-order valence-electron chi connectivity index (χ3n) is 8.27. The van der Waals surface area contributed by atoms with E-state index >= 15 is 0 Å². The topological polar surface area (TPSA) is 29.5 Å². The van der Waals surface area contributed by atoms with Crippen molar-refractivity contribution < 1.29 is 31.3 Å². The Bertz CT molecular complexity index is 1010. The number of ether oxygens (including phenoxy) is 1. The Morgan fingerprint density at radius 2 is 1.29 bits per heavy atom. The van der Waals surface area contributed by atoms with Crippen LogP contribution in [-0.2, 0) is 16.9 Å². The fourth-order valence-corrected chi connectivity index (χ4v) is 6.53. The predicted molar refractivity (Wildman–Crippen MR) is 136 cm³/mol. The van der Waals surface area contributed by atoms with Crippen LogP contribution in [0.2, 0.25) is 0 Å². The van der Waals surface area contributed by atoms with Gasteiger partial charge in [0.15, 0.2) is 0 Å². The molecular formula is C29H33Br2NO2. The Morgan fingerprint density at radius 3 is 1.82 bits per heavy atom. The highest BCUT2D eigenvalue weighted by molar-refractivity contribution is 9.10. The highest BCUT2D eigenvalue weighted by Crippen LogP contribution is 2.57. The monoisotopic (exact) mass is 585 g/mol. The predicted octanol–water partition coefficient (Wildman–Crippen LogP) is 2.91. The molecule has 3 heterocycles. The average molecular weight is 587 g/mol. The minimum absolute atomic E-state index is 0. The first kappa shape index (κ1) is 25.6. The first-order chi connectivity index (χ1) is 16.1. The van der Waals surface area contributed by atoms with Gasteiger partial charge in [-0.05, 0) is 22.8 Å². The fraction of sp³-hybridized carbons (Fsp3) is 0.379. The van der Waals surface area contributed by atoms with Crippen molar-refractivity contribution in [2.24, 2.45) is 5.41 Å². The van der Waals surface area contributed by atoms with Gasteiger partial charge in [0.1, 0.15) is 12.1 Å². The minimum atomic E-state index is -0.956. The summed E-state index contributed by atoms with van der Waals surface area (Å²) >= 11 is 3.61. The number of quaternary nitrogens is 1. The zero-order chi connectivity index (χ0) is 22.8. The molecule has 34 heavy (non-hydrogen) atoms. The van der Waals surface area contributed by atoms with Crippen molar-refractivity contribution in [1.82, 2.24) is 0 Å². The van der Waals surface area contributed by atoms with Crippen molar-refractivity contribution in [2.45, 2.75) is 31.5 Å². The van der Waals surface area contributed by atoms with E-state index in [1.807, 2.05) is 42.5 Å². The second-order valence-corrected chi connectivity index (χ2v) is 10.7. The largest absolute Gasteiger partial charge is 1.00 e. The molecule has 0 radical (unpaired) electrons. The molecule has 3 fully saturated rings. The number of piperidine rings is 3. The van der Waals surface area contributed by atoms with Crippen LogP contribution >= 0.6 is 15.9 Å². The highest BCUT2D eigenvalue weighted by atomic mass is 79.9. The van der Waals surface area contributed by atoms with Crippen LogP contribution in [-0.4, -0.2) is 42.4 Å². The van der Waals surface area contributed by atoms with E-state index in [0.717, 1.165) is 72.1 Å². The Labute approximate surface area is 222 Å². The van der Waals surface area contributed by atoms with Gasteiger partial charge >= 0.3 is 0 Å². The van der Waals surface area contributed by atoms with E-state index in [2.05, 4.69) is 58.4 Å². The molecule has 3 aromatic carbocycles. The second-order valence-electron chi connectivity index (χ2n) is 9.85. The normalized spacial score (nSPS) is 23.9. The van der Waals surface area contributed by atoms with E-state index in [4.69, 9.17) is 4.74 Å². The number of aliphatic hydroxyl groups is 1. The van der Waals surface area contributed by atoms with Gasteiger partial charge in [-0.25, -0.2) is 0 Å². The zero-order valence-electron chi connectivity index (χ0n) is 19.5. The van der Waals surface area contributed by atoms with Gasteiger partial charge in [0.2, 0.25) is 0 Å². The summed E-state index contributed by atoms with van der Waals surface area (Å²) in [5.41, 5.74) is 2.17. The number of halogens is 2. The van der Waals surface area contributed by atoms with E-state index in [9.17, 15) is 5.11 Å². The van der Waals surface area contributed by atoms with Crippen LogP contribution in [0.3, 0.4) is 0 Å². The Morgan fingerprint density at radius 1 is 0.794 bits per heavy atom. The van der Waals surface area contributed by atoms with Crippen molar-refractivity contribution >= 4 is 15.9 Å². The van der Waals surface area contributed by atoms with Crippen LogP contribution in [0.4, 0.5) is 0 Å². The maximum Gasteiger partial charge on any atom is 0.121 e. The molecule has 180 valence electrons. The second kappa shape index (κ2) is 10.6. The summed E-state index contributed by atoms with van der Waals surface area (Å²) in [4.78, 5) is 0. The molecular weight excluding hydrogens is 554 g/mol. The van der Waals surface area contributed by atoms with Crippen molar-refractivity contribution in [3.05, 3.63) is 106 Å². The lowest BCUT2D eigenvalue weighted by Crippen LogP contribution is -3.00. The SMILES string of the molecule is OC(c1ccccc1)(c1ccccc1)C12CC[N+](CCOCc3ccccc3Br)(CC1)CC2.[Br-]. The quantitative estimate of drug-likeness (QED) is 0.325. The number of hydrogen-bond acceptors (Lipinski definition) is 2. The molecule has 5 heteroatoms. The maximum atomic E-state index is 12.5. The van der Waals surface area contributed by atoms with Crippen LogP contribution in [0.5, 0.6) is 0 Å². The fourth-order valence-electron chi connectivity index (χ4n) is 6.14. The molecule has 3 aromatic rings. The van der Waals surface area contributed by atoms with Crippen molar-refractivity contribution in [3.8, 4) is 0 Å². The van der Waals surface area contributed by atoms with Crippen LogP contribution in [0.15, 0.2) is 89.4 Å². The summed E-state index contributed by atoms with van der Waals surface area (Å²) in [5.74, 6) is 0. The number of rotatable bonds is 8. The van der Waals surface area contributed by atoms with Gasteiger partial charge in [0.05, 0.1) is 32.8 Å². The summed E-state index contributed by atoms with van der Waals surface area (Å²) in [6, 6.07) is 28.9. The molecule has 3 nitrogen and oxygen atoms in total. The number of benzene rings is 3. The van der Waals surface area contributed by atoms with Crippen LogP contribution in [0.25, 0.3) is 0 Å². The Hall–Kier alpha value is -1.50. The molecule has 3 aliphatic heterocycles. The van der Waals surface area contributed by atoms with Gasteiger partial charge in [-0.2, -0.15) is 0 Å². The van der Waals surface area contributed by atoms with Crippen LogP contribution in [0, 0.1) is 5.41 Å². The zero-order valence-corrected chi connectivity index (χ0v) is 22.7. The Kier molecular flexibility index (Phi) is 8.00. The van der Waals surface area contributed by atoms with Gasteiger partial charge in [0, 0.05) is 29.2 Å². The molecule has 2 bridgehead atoms. The van der Waals surface area contributed by atoms with Crippen molar-refractivity contribution in [1.29, 1.82) is 0 Å². The molecule has 6 rings (SSSR count). The van der Waals surface area contributed by atoms with Gasteiger partial charge in [-0.1, -0.05) is 94.8 Å². The van der Waals surface area contributed by atoms with E-state index in [0.29, 0.717) is 6.61 Å². The minimum Gasteiger partial charge on any atom is -1.00 e. The smallest absolute Gasteiger partial charge is 0.121 e. The van der Waals surface area contributed by atoms with Crippen molar-refractivity contribution in [3.63, 3.8) is 0 Å². The lowest BCUT2D eigenvalue weighted by molar-refractivity contribution is -0.946. The molecule has 0 spiro atoms. The summed E-state index contributed by atoms with van der Waals surface area (Å²) in [6.07, 6.45) is 3.12. The molecule has 1 N–H and O–H groups in total. The molecule has 0 atom stereocenters. The third kappa shape index (κ3) is 4.66. The summed E-state index contributed by atoms with van der Waals surface area (Å²) in [5, 5.41) is 12.5. The molecule has 3 saturated heterocycles. The van der Waals surface area contributed by atoms with Crippen LogP contribution < -0.4 is 17.0 Å². The Balaban J connectivity index is 0.00000274. The maximum absolute atomic E-state index is 12.5. The van der Waals surface area contributed by atoms with Gasteiger partial charge in [-0.3, -0.25) is 0 Å². The number of nitrogens with zero attached hydrogens (tertiary/aromatic N) is 1. The first-order valence-corrected chi connectivity index (χ1v) is 12.9. The molecule has 3 aliphatic rings. The van der Waals surface area contributed by atoms with Crippen LogP contribution in [0.1, 0.15) is 36.0 Å². The number of fused-ring (bicyclic) bond motifs is 3. The lowest BCUT2D eigenvalue weighted by atomic mass is 9.56. The van der Waals surface area contributed by atoms with Crippen molar-refractivity contribution in [2.75, 3.05) is 32.8 Å². The number of hydrogen-bond donors (Lipinski definition) is 1. The third-order valence-corrected chi connectivity index (χ3v) is 9.04. The lowest BCUT2D eigenvalue weighted by Gasteiger charge is -2.60.